The molecule has 0 radical (unpaired) electrons. The number of amides is 1. The zero-order valence-electron chi connectivity index (χ0n) is 52.1. The lowest BCUT2D eigenvalue weighted by Crippen LogP contribution is -2.48. The van der Waals surface area contributed by atoms with Crippen LogP contribution in [0.3, 0.4) is 0 Å². The summed E-state index contributed by atoms with van der Waals surface area (Å²) >= 11 is 0. The van der Waals surface area contributed by atoms with E-state index in [-0.39, 0.29) is 50.7 Å². The van der Waals surface area contributed by atoms with Crippen molar-refractivity contribution in [1.29, 1.82) is 0 Å². The fourth-order valence-electron chi connectivity index (χ4n) is 10.1. The summed E-state index contributed by atoms with van der Waals surface area (Å²) < 4.78 is 133. The Labute approximate surface area is 584 Å². The van der Waals surface area contributed by atoms with Crippen molar-refractivity contribution in [1.82, 2.24) is 44.0 Å². The van der Waals surface area contributed by atoms with Crippen LogP contribution in [0.2, 0.25) is 0 Å². The van der Waals surface area contributed by atoms with E-state index in [1.165, 1.54) is 64.6 Å². The smallest absolute Gasteiger partial charge is 0.341 e. The number of hydrogen-bond donors (Lipinski definition) is 11. The number of aromatic nitrogens is 11. The van der Waals surface area contributed by atoms with Gasteiger partial charge in [-0.25, -0.2) is 48.1 Å². The Hall–Kier alpha value is -7.10. The van der Waals surface area contributed by atoms with Gasteiger partial charge in [0.2, 0.25) is 0 Å². The highest BCUT2D eigenvalue weighted by Crippen LogP contribution is 2.58. The van der Waals surface area contributed by atoms with E-state index in [1.54, 1.807) is 6.07 Å². The summed E-state index contributed by atoms with van der Waals surface area (Å²) in [7, 11) is -34.9. The summed E-state index contributed by atoms with van der Waals surface area (Å²) in [6.07, 6.45) is -16.1. The summed E-state index contributed by atoms with van der Waals surface area (Å²) in [5, 5.41) is 80.5. The number of rotatable bonds is 27. The summed E-state index contributed by atoms with van der Waals surface area (Å²) in [5.74, 6) is -3.26. The van der Waals surface area contributed by atoms with E-state index in [4.69, 9.17) is 41.3 Å². The minimum Gasteiger partial charge on any atom is -0.790 e. The van der Waals surface area contributed by atoms with E-state index in [0.29, 0.717) is 0 Å². The largest absolute Gasteiger partial charge is 0.790 e. The van der Waals surface area contributed by atoms with Gasteiger partial charge in [0.25, 0.3) is 49.7 Å². The van der Waals surface area contributed by atoms with Gasteiger partial charge in [0, 0.05) is 24.5 Å². The Bertz CT molecular complexity index is 4330. The zero-order valence-corrected chi connectivity index (χ0v) is 57.4. The number of primary amides is 1. The molecule has 20 atom stereocenters. The number of ether oxygens (including phenoxy) is 4. The second-order valence-corrected chi connectivity index (χ2v) is 30.0. The number of nitrogens with two attached hydrogens (primary N) is 3. The van der Waals surface area contributed by atoms with Crippen LogP contribution in [-0.4, -0.2) is 202 Å². The third-order valence-electron chi connectivity index (χ3n) is 14.8. The van der Waals surface area contributed by atoms with Crippen LogP contribution in [-0.2, 0) is 82.1 Å². The fourth-order valence-corrected chi connectivity index (χ4v) is 15.2. The summed E-state index contributed by atoms with van der Waals surface area (Å²) in [6, 6.07) is 7.97. The molecule has 7 aromatic heterocycles. The van der Waals surface area contributed by atoms with Gasteiger partial charge in [-0.2, -0.15) is 9.13 Å². The Morgan fingerprint density at radius 2 is 0.857 bits per heavy atom. The first-order valence-corrected chi connectivity index (χ1v) is 37.7. The number of carboxylic acids is 2. The first-order chi connectivity index (χ1) is 49.0. The number of aliphatic hydroxyl groups is 6. The van der Waals surface area contributed by atoms with Crippen LogP contribution in [0.1, 0.15) is 56.0 Å². The van der Waals surface area contributed by atoms with Crippen molar-refractivity contribution in [2.24, 2.45) is 5.73 Å². The number of phosphoric acid groups is 6. The minimum atomic E-state index is -5.88. The third-order valence-corrected chi connectivity index (χ3v) is 20.8. The van der Waals surface area contributed by atoms with E-state index in [1.807, 2.05) is 0 Å². The molecule has 1 amide bonds. The highest BCUT2D eigenvalue weighted by atomic mass is 31.3. The molecule has 14 N–H and O–H groups in total. The highest BCUT2D eigenvalue weighted by molar-refractivity contribution is 7.60. The van der Waals surface area contributed by atoms with E-state index in [9.17, 15) is 117 Å². The number of pyridine rings is 3. The number of phosphoric ester groups is 6. The number of carboxylic acid groups (broad SMARTS) is 2. The summed E-state index contributed by atoms with van der Waals surface area (Å²) in [5.41, 5.74) is 16.9. The van der Waals surface area contributed by atoms with E-state index >= 15 is 0 Å². The Morgan fingerprint density at radius 3 is 1.20 bits per heavy atom. The normalized spacial score (nSPS) is 28.5. The number of anilines is 2. The third kappa shape index (κ3) is 20.8. The molecule has 0 saturated carbocycles. The predicted octanol–water partition coefficient (Wildman–Crippen LogP) is -9.47. The maximum absolute atomic E-state index is 12.4. The van der Waals surface area contributed by atoms with Crippen molar-refractivity contribution in [3.63, 3.8) is 0 Å². The molecule has 51 nitrogen and oxygen atoms in total. The second kappa shape index (κ2) is 33.2. The molecule has 4 aliphatic rings. The number of fused-ring (bicyclic) bond motifs is 2. The van der Waals surface area contributed by atoms with Gasteiger partial charge in [-0.05, 0) is 24.3 Å². The lowest BCUT2D eigenvalue weighted by atomic mass is 10.1. The summed E-state index contributed by atoms with van der Waals surface area (Å²) in [6.45, 7) is -4.57. The van der Waals surface area contributed by atoms with Crippen LogP contribution in [0.4, 0.5) is 11.6 Å². The number of hydrogen-bond acceptors (Lipinski definition) is 44. The van der Waals surface area contributed by atoms with Crippen molar-refractivity contribution in [3.8, 4) is 0 Å². The topological polar surface area (TPSA) is 797 Å². The molecule has 11 heterocycles. The highest BCUT2D eigenvalue weighted by Gasteiger charge is 2.53. The van der Waals surface area contributed by atoms with Crippen molar-refractivity contribution >= 4 is 98.7 Å². The summed E-state index contributed by atoms with van der Waals surface area (Å²) in [4.78, 5) is 155. The number of nitrogen functional groups attached to an aromatic ring is 2. The van der Waals surface area contributed by atoms with Crippen LogP contribution >= 0.6 is 46.9 Å². The molecule has 105 heavy (non-hydrogen) atoms. The molecule has 11 rings (SSSR count). The van der Waals surface area contributed by atoms with Gasteiger partial charge < -0.3 is 152 Å². The zero-order chi connectivity index (χ0) is 77.1. The van der Waals surface area contributed by atoms with Crippen molar-refractivity contribution in [3.05, 3.63) is 116 Å². The average molecular weight is 1600 g/mol. The SMILES string of the molecule is NC(=O)c1ccc[n+](C2O[C@H](COP(=O)([O-])OP(=O)([O-])OC[C@H]3OC(n4cnc5c(N)ncnc54)C(O)[C@H]3O)[C@H](O)C2OP(=O)([O-])[O-])c1.Nc1ncnc2c1ncn2C1O[C@H](COP(=O)([O-])OP(=O)([O-])OC[C@H]2OC([n+]3cccc(C(=O)O)c3)C(OP(=O)([O-])[O-])[C@H]2O)[C@H](O)C1O.O=C(O)c1cccnc1. The maximum atomic E-state index is 12.4. The average Bonchev–Trinajstić information content (AvgIpc) is 1.64. The quantitative estimate of drug-likeness (QED) is 0.0168. The minimum absolute atomic E-state index is 0.00231. The number of carbonyl (C=O) groups excluding carboxylic acids is 1. The Balaban J connectivity index is 0.000000217. The van der Waals surface area contributed by atoms with Gasteiger partial charge in [0.05, 0.1) is 60.3 Å². The molecule has 7 aromatic rings. The number of nitrogens with zero attached hydrogens (tertiary/aromatic N) is 11. The number of carbonyl (C=O) groups is 3. The van der Waals surface area contributed by atoms with E-state index in [0.717, 1.165) is 46.4 Å². The molecule has 57 heteroatoms. The monoisotopic (exact) mass is 1600 g/mol. The van der Waals surface area contributed by atoms with Gasteiger partial charge in [-0.1, -0.05) is 0 Å². The Morgan fingerprint density at radius 1 is 0.495 bits per heavy atom. The van der Waals surface area contributed by atoms with Crippen LogP contribution < -0.4 is 65.5 Å². The molecule has 0 aromatic carbocycles. The molecule has 0 aliphatic carbocycles. The van der Waals surface area contributed by atoms with Gasteiger partial charge in [0.1, 0.15) is 95.9 Å². The van der Waals surface area contributed by atoms with E-state index in [2.05, 4.69) is 70.7 Å². The Kier molecular flexibility index (Phi) is 25.9. The van der Waals surface area contributed by atoms with Crippen molar-refractivity contribution < 1.29 is 186 Å². The molecule has 574 valence electrons. The van der Waals surface area contributed by atoms with Gasteiger partial charge in [0.15, 0.2) is 72.4 Å². The fraction of sp³-hybridized carbons (Fsp3) is 0.417. The van der Waals surface area contributed by atoms with Crippen LogP contribution in [0.15, 0.2) is 98.9 Å². The van der Waals surface area contributed by atoms with Gasteiger partial charge in [-0.15, -0.1) is 0 Å². The standard InChI is InChI=1S/C21H28N7O17P3.C21H27N6O18P3.C6H5NO2/c22-17-12-19(25-7-24-17)28(8-26-12)20-15(31)13(29)10(42-20)5-40-47(36,37)45-48(38,39)41-6-11-14(30)16(44-46(33,34)35)21(43-11)27-3-1-2-9(4-27)18(23)32;22-17-12-18(24-7-23-17)27(8-25-12)19-15(30)13(28)10(42-19)5-40-47(36,37)45-48(38,39)41-6-11-14(29)16(44-46(33,34)35)20(43-11)26-3-1-2-9(4-26)21(31)32;8-6(9)5-2-1-3-7-4-5/h1-4,7-8,10-11,13-16,20-21,29-31H,5-6H2,(H7-,22,23,24,25,32,33,34,35,36,37,38,39);1-4,7-8,10-11,13-16,19-20,28-30H,5-6H2,(H6-,22,23,24,31,32,33,34,35,36,37,38,39);1-4H,(H,8,9)/p-6/t10-,11-,13+,14+,15?,16?,20?,21?;10-,11-,13+,14+,15?,16?,19?,20?;/m11./s1. The number of aromatic carboxylic acids is 2. The lowest BCUT2D eigenvalue weighted by Gasteiger charge is -2.33. The van der Waals surface area contributed by atoms with E-state index < -0.39 is 189 Å². The molecule has 4 fully saturated rings. The number of imidazole rings is 2. The van der Waals surface area contributed by atoms with Crippen LogP contribution in [0, 0.1) is 0 Å². The molecule has 4 aliphatic heterocycles. The van der Waals surface area contributed by atoms with Gasteiger partial charge in [-0.3, -0.25) is 37.2 Å². The first kappa shape index (κ1) is 82.0. The second-order valence-electron chi connectivity index (χ2n) is 21.8. The number of aliphatic hydroxyl groups excluding tert-OH is 6. The lowest BCUT2D eigenvalue weighted by molar-refractivity contribution is -0.765. The molecule has 0 spiro atoms. The molecular weight excluding hydrogens is 1550 g/mol. The van der Waals surface area contributed by atoms with Crippen LogP contribution in [0.5, 0.6) is 0 Å². The molecular formula is C48H54N14O37P6-6. The van der Waals surface area contributed by atoms with Gasteiger partial charge >= 0.3 is 11.9 Å². The molecule has 0 bridgehead atoms. The van der Waals surface area contributed by atoms with Crippen molar-refractivity contribution in [2.75, 3.05) is 37.9 Å². The van der Waals surface area contributed by atoms with Crippen molar-refractivity contribution in [2.45, 2.75) is 98.2 Å². The van der Waals surface area contributed by atoms with Crippen LogP contribution in [0.25, 0.3) is 22.3 Å². The maximum Gasteiger partial charge on any atom is 0.341 e. The first-order valence-electron chi connectivity index (χ1n) is 28.9. The molecule has 12 unspecified atom stereocenters. The molecule has 4 saturated heterocycles. The predicted molar refractivity (Wildman–Crippen MR) is 312 cm³/mol.